The molecule has 1 aliphatic heterocycles. The van der Waals surface area contributed by atoms with Crippen LogP contribution in [0, 0.1) is 0 Å². The Bertz CT molecular complexity index is 630. The van der Waals surface area contributed by atoms with Gasteiger partial charge in [0.25, 0.3) is 0 Å². The lowest BCUT2D eigenvalue weighted by molar-refractivity contribution is 0.129. The van der Waals surface area contributed by atoms with Crippen LogP contribution in [0.15, 0.2) is 35.3 Å². The van der Waals surface area contributed by atoms with Crippen molar-refractivity contribution in [2.24, 2.45) is 4.99 Å². The molecule has 0 amide bonds. The second-order valence-corrected chi connectivity index (χ2v) is 8.24. The van der Waals surface area contributed by atoms with Gasteiger partial charge < -0.3 is 15.0 Å². The first kappa shape index (κ1) is 22.0. The second kappa shape index (κ2) is 10.8. The van der Waals surface area contributed by atoms with Crippen LogP contribution < -0.4 is 10.1 Å². The molecule has 6 nitrogen and oxygen atoms in total. The highest BCUT2D eigenvalue weighted by atomic mass is 127. The van der Waals surface area contributed by atoms with Gasteiger partial charge in [-0.25, -0.2) is 8.42 Å². The van der Waals surface area contributed by atoms with E-state index in [4.69, 9.17) is 4.74 Å². The number of halogens is 1. The Morgan fingerprint density at radius 3 is 2.48 bits per heavy atom. The molecule has 0 unspecified atom stereocenters. The first-order valence-corrected chi connectivity index (χ1v) is 10.5. The first-order chi connectivity index (χ1) is 11.5. The van der Waals surface area contributed by atoms with E-state index < -0.39 is 9.84 Å². The Labute approximate surface area is 168 Å². The van der Waals surface area contributed by atoms with Gasteiger partial charge in [-0.05, 0) is 19.1 Å². The number of rotatable bonds is 6. The average molecular weight is 481 g/mol. The maximum absolute atomic E-state index is 11.2. The summed E-state index contributed by atoms with van der Waals surface area (Å²) < 4.78 is 28.5. The van der Waals surface area contributed by atoms with Crippen molar-refractivity contribution < 1.29 is 13.2 Å². The summed E-state index contributed by atoms with van der Waals surface area (Å²) in [5.74, 6) is 1.78. The largest absolute Gasteiger partial charge is 0.490 e. The molecule has 0 atom stereocenters. The molecule has 25 heavy (non-hydrogen) atoms. The van der Waals surface area contributed by atoms with Crippen molar-refractivity contribution in [3.05, 3.63) is 30.3 Å². The van der Waals surface area contributed by atoms with Gasteiger partial charge in [0.1, 0.15) is 21.7 Å². The Kier molecular flexibility index (Phi) is 9.55. The third-order valence-corrected chi connectivity index (χ3v) is 4.77. The van der Waals surface area contributed by atoms with E-state index in [0.717, 1.165) is 44.2 Å². The summed E-state index contributed by atoms with van der Waals surface area (Å²) in [6, 6.07) is 9.88. The normalized spacial score (nSPS) is 16.2. The summed E-state index contributed by atoms with van der Waals surface area (Å²) in [6.45, 7) is 4.77. The van der Waals surface area contributed by atoms with Gasteiger partial charge in [0.2, 0.25) is 0 Å². The number of sulfone groups is 1. The number of ether oxygens (including phenoxy) is 1. The molecule has 0 aliphatic carbocycles. The van der Waals surface area contributed by atoms with Crippen molar-refractivity contribution in [3.63, 3.8) is 0 Å². The minimum Gasteiger partial charge on any atom is -0.490 e. The standard InChI is InChI=1S/C17H27N3O3S.HI/c1-3-18-17(19-11-14-24(2,21)22)20-12-9-16(10-13-20)23-15-7-5-4-6-8-15;/h4-8,16H,3,9-14H2,1-2H3,(H,18,19);1H. The SMILES string of the molecule is CCNC(=NCCS(C)(=O)=O)N1CCC(Oc2ccccc2)CC1.I. The summed E-state index contributed by atoms with van der Waals surface area (Å²) in [5.41, 5.74) is 0. The van der Waals surface area contributed by atoms with Crippen LogP contribution in [-0.2, 0) is 9.84 Å². The van der Waals surface area contributed by atoms with E-state index in [-0.39, 0.29) is 35.8 Å². The minimum absolute atomic E-state index is 0. The fourth-order valence-electron chi connectivity index (χ4n) is 2.62. The molecule has 1 saturated heterocycles. The van der Waals surface area contributed by atoms with Crippen LogP contribution in [0.2, 0.25) is 0 Å². The quantitative estimate of drug-likeness (QED) is 0.383. The molecule has 0 saturated carbocycles. The fourth-order valence-corrected chi connectivity index (χ4v) is 3.04. The van der Waals surface area contributed by atoms with Crippen molar-refractivity contribution in [1.82, 2.24) is 10.2 Å². The molecule has 142 valence electrons. The zero-order valence-corrected chi connectivity index (χ0v) is 18.0. The van der Waals surface area contributed by atoms with Crippen molar-refractivity contribution >= 4 is 39.8 Å². The van der Waals surface area contributed by atoms with E-state index in [1.54, 1.807) is 0 Å². The van der Waals surface area contributed by atoms with Crippen LogP contribution in [0.1, 0.15) is 19.8 Å². The maximum atomic E-state index is 11.2. The van der Waals surface area contributed by atoms with E-state index >= 15 is 0 Å². The number of guanidine groups is 1. The van der Waals surface area contributed by atoms with Crippen molar-refractivity contribution in [1.29, 1.82) is 0 Å². The van der Waals surface area contributed by atoms with Crippen LogP contribution in [0.4, 0.5) is 0 Å². The van der Waals surface area contributed by atoms with Gasteiger partial charge in [0.05, 0.1) is 12.3 Å². The van der Waals surface area contributed by atoms with Crippen LogP contribution >= 0.6 is 24.0 Å². The molecular weight excluding hydrogens is 453 g/mol. The van der Waals surface area contributed by atoms with E-state index in [1.807, 2.05) is 37.3 Å². The van der Waals surface area contributed by atoms with Crippen molar-refractivity contribution in [2.75, 3.05) is 38.2 Å². The third-order valence-electron chi connectivity index (χ3n) is 3.85. The van der Waals surface area contributed by atoms with E-state index in [2.05, 4.69) is 15.2 Å². The summed E-state index contributed by atoms with van der Waals surface area (Å²) >= 11 is 0. The molecule has 1 heterocycles. The highest BCUT2D eigenvalue weighted by Gasteiger charge is 2.22. The smallest absolute Gasteiger partial charge is 0.193 e. The highest BCUT2D eigenvalue weighted by Crippen LogP contribution is 2.18. The Morgan fingerprint density at radius 1 is 1.28 bits per heavy atom. The van der Waals surface area contributed by atoms with Crippen molar-refractivity contribution in [2.45, 2.75) is 25.9 Å². The van der Waals surface area contributed by atoms with Gasteiger partial charge in [-0.3, -0.25) is 4.99 Å². The summed E-state index contributed by atoms with van der Waals surface area (Å²) in [4.78, 5) is 6.62. The third kappa shape index (κ3) is 8.26. The zero-order valence-electron chi connectivity index (χ0n) is 14.8. The van der Waals surface area contributed by atoms with Crippen LogP contribution in [0.5, 0.6) is 5.75 Å². The lowest BCUT2D eigenvalue weighted by Gasteiger charge is -2.34. The Morgan fingerprint density at radius 2 is 1.92 bits per heavy atom. The molecule has 1 aromatic carbocycles. The summed E-state index contributed by atoms with van der Waals surface area (Å²) in [5, 5.41) is 3.24. The lowest BCUT2D eigenvalue weighted by Crippen LogP contribution is -2.47. The van der Waals surface area contributed by atoms with E-state index in [9.17, 15) is 8.42 Å². The van der Waals surface area contributed by atoms with Gasteiger partial charge in [0.15, 0.2) is 5.96 Å². The molecular formula is C17H28IN3O3S. The molecule has 2 rings (SSSR count). The highest BCUT2D eigenvalue weighted by molar-refractivity contribution is 14.0. The van der Waals surface area contributed by atoms with Crippen LogP contribution in [0.3, 0.4) is 0 Å². The predicted molar refractivity (Wildman–Crippen MR) is 113 cm³/mol. The number of nitrogens with one attached hydrogen (secondary N) is 1. The van der Waals surface area contributed by atoms with Gasteiger partial charge >= 0.3 is 0 Å². The molecule has 0 bridgehead atoms. The molecule has 0 radical (unpaired) electrons. The minimum atomic E-state index is -2.98. The molecule has 1 N–H and O–H groups in total. The van der Waals surface area contributed by atoms with Crippen LogP contribution in [-0.4, -0.2) is 63.6 Å². The number of benzene rings is 1. The topological polar surface area (TPSA) is 71.0 Å². The van der Waals surface area contributed by atoms with Gasteiger partial charge in [0, 0.05) is 38.7 Å². The number of aliphatic imine (C=N–C) groups is 1. The average Bonchev–Trinajstić information content (AvgIpc) is 2.55. The molecule has 1 aromatic rings. The van der Waals surface area contributed by atoms with Gasteiger partial charge in [-0.15, -0.1) is 24.0 Å². The maximum Gasteiger partial charge on any atom is 0.193 e. The fraction of sp³-hybridized carbons (Fsp3) is 0.588. The first-order valence-electron chi connectivity index (χ1n) is 8.40. The molecule has 8 heteroatoms. The van der Waals surface area contributed by atoms with E-state index in [1.165, 1.54) is 6.26 Å². The molecule has 0 spiro atoms. The molecule has 0 aromatic heterocycles. The number of nitrogens with zero attached hydrogens (tertiary/aromatic N) is 2. The number of hydrogen-bond donors (Lipinski definition) is 1. The van der Waals surface area contributed by atoms with Gasteiger partial charge in [-0.2, -0.15) is 0 Å². The lowest BCUT2D eigenvalue weighted by atomic mass is 10.1. The number of para-hydroxylation sites is 1. The predicted octanol–water partition coefficient (Wildman–Crippen LogP) is 2.16. The van der Waals surface area contributed by atoms with Gasteiger partial charge in [-0.1, -0.05) is 18.2 Å². The summed E-state index contributed by atoms with van der Waals surface area (Å²) in [6.07, 6.45) is 3.29. The number of hydrogen-bond acceptors (Lipinski definition) is 4. The number of likely N-dealkylation sites (tertiary alicyclic amines) is 1. The van der Waals surface area contributed by atoms with Crippen molar-refractivity contribution in [3.8, 4) is 5.75 Å². The molecule has 1 aliphatic rings. The van der Waals surface area contributed by atoms with Crippen LogP contribution in [0.25, 0.3) is 0 Å². The Hall–Kier alpha value is -1.03. The number of piperidine rings is 1. The Balaban J connectivity index is 0.00000312. The van der Waals surface area contributed by atoms with E-state index in [0.29, 0.717) is 6.54 Å². The summed E-state index contributed by atoms with van der Waals surface area (Å²) in [7, 11) is -2.98. The monoisotopic (exact) mass is 481 g/mol. The second-order valence-electron chi connectivity index (χ2n) is 5.98. The zero-order chi connectivity index (χ0) is 17.4. The molecule has 1 fully saturated rings.